The summed E-state index contributed by atoms with van der Waals surface area (Å²) in [6, 6.07) is 3.81. The molecular formula is C12H9FO4. The number of carboxylic acids is 1. The third-order valence-electron chi connectivity index (χ3n) is 2.72. The van der Waals surface area contributed by atoms with Gasteiger partial charge >= 0.3 is 5.97 Å². The standard InChI is InChI=1S/C12H9FO4/c13-7-3-1-6-2-4-8(11(15)12(16)17)10(14)9(6)5-7/h1,3,5,15H,2,4H2,(H,16,17)/b11-8+. The van der Waals surface area contributed by atoms with Gasteiger partial charge in [0.2, 0.25) is 5.76 Å². The molecule has 4 nitrogen and oxygen atoms in total. The van der Waals surface area contributed by atoms with Crippen LogP contribution in [0.25, 0.3) is 0 Å². The van der Waals surface area contributed by atoms with Crippen LogP contribution in [0.15, 0.2) is 29.5 Å². The molecule has 0 saturated carbocycles. The first kappa shape index (κ1) is 11.3. The number of hydrogen-bond acceptors (Lipinski definition) is 3. The number of Topliss-reactive ketones (excluding diaryl/α,β-unsaturated/α-hetero) is 1. The van der Waals surface area contributed by atoms with E-state index >= 15 is 0 Å². The molecule has 0 aromatic heterocycles. The van der Waals surface area contributed by atoms with E-state index in [9.17, 15) is 19.1 Å². The Labute approximate surface area is 96.0 Å². The lowest BCUT2D eigenvalue weighted by atomic mass is 9.86. The second kappa shape index (κ2) is 4.01. The average Bonchev–Trinajstić information content (AvgIpc) is 2.29. The normalized spacial score (nSPS) is 17.6. The SMILES string of the molecule is O=C(O)/C(O)=C1/CCc2ccc(F)cc2C1=O. The van der Waals surface area contributed by atoms with Gasteiger partial charge in [0, 0.05) is 11.1 Å². The Kier molecular flexibility index (Phi) is 2.67. The Morgan fingerprint density at radius 2 is 1.94 bits per heavy atom. The van der Waals surface area contributed by atoms with Gasteiger partial charge in [0.15, 0.2) is 5.78 Å². The summed E-state index contributed by atoms with van der Waals surface area (Å²) in [4.78, 5) is 22.5. The highest BCUT2D eigenvalue weighted by atomic mass is 19.1. The number of carboxylic acid groups (broad SMARTS) is 1. The first-order valence-corrected chi connectivity index (χ1v) is 4.99. The molecule has 88 valence electrons. The van der Waals surface area contributed by atoms with Gasteiger partial charge in [0.05, 0.1) is 0 Å². The fourth-order valence-corrected chi connectivity index (χ4v) is 1.87. The van der Waals surface area contributed by atoms with Gasteiger partial charge in [0.1, 0.15) is 5.82 Å². The monoisotopic (exact) mass is 236 g/mol. The van der Waals surface area contributed by atoms with Crippen molar-refractivity contribution in [1.82, 2.24) is 0 Å². The van der Waals surface area contributed by atoms with E-state index in [1.54, 1.807) is 0 Å². The molecule has 0 bridgehead atoms. The summed E-state index contributed by atoms with van der Waals surface area (Å²) in [5.74, 6) is -3.68. The molecule has 0 aliphatic heterocycles. The summed E-state index contributed by atoms with van der Waals surface area (Å²) < 4.78 is 13.0. The van der Waals surface area contributed by atoms with E-state index in [4.69, 9.17) is 5.11 Å². The molecule has 1 aliphatic carbocycles. The third kappa shape index (κ3) is 1.91. The minimum Gasteiger partial charge on any atom is -0.502 e. The summed E-state index contributed by atoms with van der Waals surface area (Å²) in [5.41, 5.74) is 0.619. The number of rotatable bonds is 1. The van der Waals surface area contributed by atoms with Crippen LogP contribution in [0.1, 0.15) is 22.3 Å². The summed E-state index contributed by atoms with van der Waals surface area (Å²) in [7, 11) is 0. The lowest BCUT2D eigenvalue weighted by Gasteiger charge is -2.17. The van der Waals surface area contributed by atoms with Gasteiger partial charge < -0.3 is 10.2 Å². The first-order valence-electron chi connectivity index (χ1n) is 4.99. The molecule has 0 fully saturated rings. The van der Waals surface area contributed by atoms with E-state index < -0.39 is 23.3 Å². The third-order valence-corrected chi connectivity index (χ3v) is 2.72. The number of carbonyl (C=O) groups excluding carboxylic acids is 1. The number of aliphatic carboxylic acids is 1. The van der Waals surface area contributed by atoms with E-state index in [1.165, 1.54) is 12.1 Å². The largest absolute Gasteiger partial charge is 0.502 e. The maximum Gasteiger partial charge on any atom is 0.371 e. The van der Waals surface area contributed by atoms with Crippen molar-refractivity contribution in [3.8, 4) is 0 Å². The predicted octanol–water partition coefficient (Wildman–Crippen LogP) is 1.85. The Balaban J connectivity index is 2.53. The number of ketones is 1. The summed E-state index contributed by atoms with van der Waals surface area (Å²) in [6.45, 7) is 0. The highest BCUT2D eigenvalue weighted by Crippen LogP contribution is 2.27. The summed E-state index contributed by atoms with van der Waals surface area (Å²) in [5, 5.41) is 17.9. The van der Waals surface area contributed by atoms with Crippen molar-refractivity contribution in [2.24, 2.45) is 0 Å². The van der Waals surface area contributed by atoms with Crippen LogP contribution in [0.5, 0.6) is 0 Å². The summed E-state index contributed by atoms with van der Waals surface area (Å²) in [6.07, 6.45) is 0.559. The molecule has 0 atom stereocenters. The van der Waals surface area contributed by atoms with Gasteiger partial charge in [-0.3, -0.25) is 4.79 Å². The maximum absolute atomic E-state index is 13.0. The van der Waals surface area contributed by atoms with E-state index in [-0.39, 0.29) is 17.6 Å². The minimum absolute atomic E-state index is 0.124. The first-order chi connectivity index (χ1) is 8.00. The molecule has 0 radical (unpaired) electrons. The fraction of sp³-hybridized carbons (Fsp3) is 0.167. The Morgan fingerprint density at radius 3 is 2.59 bits per heavy atom. The van der Waals surface area contributed by atoms with Crippen LogP contribution >= 0.6 is 0 Å². The van der Waals surface area contributed by atoms with Gasteiger partial charge in [-0.2, -0.15) is 0 Å². The van der Waals surface area contributed by atoms with Crippen molar-refractivity contribution in [3.63, 3.8) is 0 Å². The Hall–Kier alpha value is -2.17. The van der Waals surface area contributed by atoms with E-state index in [1.807, 2.05) is 0 Å². The number of benzene rings is 1. The molecule has 0 heterocycles. The van der Waals surface area contributed by atoms with Crippen LogP contribution in [0.3, 0.4) is 0 Å². The van der Waals surface area contributed by atoms with Crippen LogP contribution in [0, 0.1) is 5.82 Å². The topological polar surface area (TPSA) is 74.6 Å². The molecule has 0 spiro atoms. The van der Waals surface area contributed by atoms with Crippen LogP contribution in [-0.4, -0.2) is 22.0 Å². The number of fused-ring (bicyclic) bond motifs is 1. The molecule has 1 aromatic carbocycles. The number of halogens is 1. The Bertz CT molecular complexity index is 545. The quantitative estimate of drug-likeness (QED) is 0.576. The molecule has 2 rings (SSSR count). The maximum atomic E-state index is 13.0. The number of allylic oxidation sites excluding steroid dienone is 1. The van der Waals surface area contributed by atoms with Crippen LogP contribution in [0.2, 0.25) is 0 Å². The van der Waals surface area contributed by atoms with E-state index in [2.05, 4.69) is 0 Å². The van der Waals surface area contributed by atoms with Gasteiger partial charge in [-0.15, -0.1) is 0 Å². The number of aryl methyl sites for hydroxylation is 1. The van der Waals surface area contributed by atoms with Crippen LogP contribution < -0.4 is 0 Å². The zero-order valence-corrected chi connectivity index (χ0v) is 8.74. The molecule has 17 heavy (non-hydrogen) atoms. The molecule has 2 N–H and O–H groups in total. The predicted molar refractivity (Wildman–Crippen MR) is 56.3 cm³/mol. The number of aliphatic hydroxyl groups is 1. The van der Waals surface area contributed by atoms with Gasteiger partial charge in [-0.1, -0.05) is 6.07 Å². The molecule has 1 aromatic rings. The molecule has 0 saturated heterocycles. The lowest BCUT2D eigenvalue weighted by Crippen LogP contribution is -2.19. The molecule has 1 aliphatic rings. The van der Waals surface area contributed by atoms with Crippen molar-refractivity contribution in [2.75, 3.05) is 0 Å². The second-order valence-corrected chi connectivity index (χ2v) is 3.76. The molecular weight excluding hydrogens is 227 g/mol. The van der Waals surface area contributed by atoms with Crippen molar-refractivity contribution in [2.45, 2.75) is 12.8 Å². The van der Waals surface area contributed by atoms with Gasteiger partial charge in [0.25, 0.3) is 0 Å². The second-order valence-electron chi connectivity index (χ2n) is 3.76. The number of hydrogen-bond donors (Lipinski definition) is 2. The Morgan fingerprint density at radius 1 is 1.24 bits per heavy atom. The smallest absolute Gasteiger partial charge is 0.371 e. The molecule has 5 heteroatoms. The van der Waals surface area contributed by atoms with Crippen molar-refractivity contribution in [3.05, 3.63) is 46.5 Å². The number of carbonyl (C=O) groups is 2. The summed E-state index contributed by atoms with van der Waals surface area (Å²) >= 11 is 0. The molecule has 0 amide bonds. The fourth-order valence-electron chi connectivity index (χ4n) is 1.87. The van der Waals surface area contributed by atoms with E-state index in [0.29, 0.717) is 12.0 Å². The highest BCUT2D eigenvalue weighted by Gasteiger charge is 2.27. The highest BCUT2D eigenvalue weighted by molar-refractivity contribution is 6.13. The van der Waals surface area contributed by atoms with Crippen LogP contribution in [-0.2, 0) is 11.2 Å². The number of aliphatic hydroxyl groups excluding tert-OH is 1. The van der Waals surface area contributed by atoms with E-state index in [0.717, 1.165) is 6.07 Å². The van der Waals surface area contributed by atoms with Crippen molar-refractivity contribution >= 4 is 11.8 Å². The molecule has 0 unspecified atom stereocenters. The zero-order chi connectivity index (χ0) is 12.6. The van der Waals surface area contributed by atoms with Crippen molar-refractivity contribution in [1.29, 1.82) is 0 Å². The zero-order valence-electron chi connectivity index (χ0n) is 8.74. The van der Waals surface area contributed by atoms with Crippen LogP contribution in [0.4, 0.5) is 4.39 Å². The van der Waals surface area contributed by atoms with Gasteiger partial charge in [-0.05, 0) is 30.5 Å². The lowest BCUT2D eigenvalue weighted by molar-refractivity contribution is -0.135. The minimum atomic E-state index is -1.55. The average molecular weight is 236 g/mol. The van der Waals surface area contributed by atoms with Gasteiger partial charge in [-0.25, -0.2) is 9.18 Å². The van der Waals surface area contributed by atoms with Crippen molar-refractivity contribution < 1.29 is 24.2 Å².